The zero-order valence-electron chi connectivity index (χ0n) is 8.86. The molecule has 0 fully saturated rings. The molecule has 15 heavy (non-hydrogen) atoms. The van der Waals surface area contributed by atoms with Crippen LogP contribution in [0.3, 0.4) is 0 Å². The van der Waals surface area contributed by atoms with E-state index >= 15 is 0 Å². The molecule has 0 spiro atoms. The Hall–Kier alpha value is -1.62. The predicted molar refractivity (Wildman–Crippen MR) is 57.2 cm³/mol. The molecule has 1 aromatic heterocycles. The van der Waals surface area contributed by atoms with Crippen molar-refractivity contribution in [3.63, 3.8) is 0 Å². The Bertz CT molecular complexity index is 409. The minimum absolute atomic E-state index is 0.0700. The third-order valence-electron chi connectivity index (χ3n) is 1.96. The van der Waals surface area contributed by atoms with E-state index in [9.17, 15) is 9.59 Å². The van der Waals surface area contributed by atoms with Gasteiger partial charge in [-0.05, 0) is 18.1 Å². The third-order valence-corrected chi connectivity index (χ3v) is 1.96. The van der Waals surface area contributed by atoms with Gasteiger partial charge in [-0.2, -0.15) is 0 Å². The van der Waals surface area contributed by atoms with Crippen molar-refractivity contribution in [2.45, 2.75) is 20.4 Å². The largest absolute Gasteiger partial charge is 0.315 e. The van der Waals surface area contributed by atoms with E-state index in [-0.39, 0.29) is 11.1 Å². The number of carbonyl (C=O) groups excluding carboxylic acids is 1. The monoisotopic (exact) mass is 209 g/mol. The van der Waals surface area contributed by atoms with Crippen molar-refractivity contribution >= 4 is 5.91 Å². The maximum absolute atomic E-state index is 11.8. The van der Waals surface area contributed by atoms with Gasteiger partial charge in [-0.15, -0.1) is 0 Å². The summed E-state index contributed by atoms with van der Waals surface area (Å²) < 4.78 is 1.51. The van der Waals surface area contributed by atoms with E-state index in [0.717, 1.165) is 0 Å². The summed E-state index contributed by atoms with van der Waals surface area (Å²) >= 11 is 0. The van der Waals surface area contributed by atoms with Crippen LogP contribution in [0.4, 0.5) is 0 Å². The molecule has 0 saturated heterocycles. The first-order valence-corrected chi connectivity index (χ1v) is 4.76. The first kappa shape index (κ1) is 11.5. The van der Waals surface area contributed by atoms with Crippen molar-refractivity contribution in [2.75, 3.05) is 0 Å². The number of carbonyl (C=O) groups is 1. The molecule has 1 aromatic rings. The van der Waals surface area contributed by atoms with Crippen molar-refractivity contribution in [3.8, 4) is 0 Å². The van der Waals surface area contributed by atoms with Crippen molar-refractivity contribution < 1.29 is 4.79 Å². The molecule has 5 nitrogen and oxygen atoms in total. The summed E-state index contributed by atoms with van der Waals surface area (Å²) in [5, 5.41) is 0. The van der Waals surface area contributed by atoms with Gasteiger partial charge in [0.1, 0.15) is 5.56 Å². The van der Waals surface area contributed by atoms with E-state index in [1.54, 1.807) is 12.3 Å². The number of amides is 1. The Kier molecular flexibility index (Phi) is 3.62. The van der Waals surface area contributed by atoms with Crippen LogP contribution in [0.1, 0.15) is 24.2 Å². The van der Waals surface area contributed by atoms with E-state index in [0.29, 0.717) is 12.5 Å². The fourth-order valence-corrected chi connectivity index (χ4v) is 1.32. The van der Waals surface area contributed by atoms with Gasteiger partial charge in [0.2, 0.25) is 0 Å². The SMILES string of the molecule is CC(C)Cn1cccc(C(=O)NN)c1=O. The van der Waals surface area contributed by atoms with Gasteiger partial charge in [-0.1, -0.05) is 13.8 Å². The molecule has 3 N–H and O–H groups in total. The highest BCUT2D eigenvalue weighted by atomic mass is 16.2. The van der Waals surface area contributed by atoms with Gasteiger partial charge in [-0.25, -0.2) is 5.84 Å². The maximum atomic E-state index is 11.8. The molecule has 0 saturated carbocycles. The molecule has 0 radical (unpaired) electrons. The lowest BCUT2D eigenvalue weighted by Crippen LogP contribution is -2.36. The molecule has 82 valence electrons. The second kappa shape index (κ2) is 4.75. The molecule has 5 heteroatoms. The molecule has 0 atom stereocenters. The average Bonchev–Trinajstić information content (AvgIpc) is 2.19. The summed E-state index contributed by atoms with van der Waals surface area (Å²) in [5.41, 5.74) is 1.71. The van der Waals surface area contributed by atoms with E-state index in [1.165, 1.54) is 10.6 Å². The number of aromatic nitrogens is 1. The van der Waals surface area contributed by atoms with Crippen LogP contribution in [-0.2, 0) is 6.54 Å². The molecular formula is C10H15N3O2. The zero-order chi connectivity index (χ0) is 11.4. The third kappa shape index (κ3) is 2.66. The Morgan fingerprint density at radius 2 is 2.27 bits per heavy atom. The quantitative estimate of drug-likeness (QED) is 0.421. The number of hydrogen-bond acceptors (Lipinski definition) is 3. The maximum Gasteiger partial charge on any atom is 0.270 e. The van der Waals surface area contributed by atoms with Gasteiger partial charge in [-0.3, -0.25) is 15.0 Å². The fraction of sp³-hybridized carbons (Fsp3) is 0.400. The molecule has 0 aliphatic heterocycles. The molecule has 0 aliphatic carbocycles. The molecule has 1 amide bonds. The number of nitrogens with one attached hydrogen (secondary N) is 1. The first-order chi connectivity index (χ1) is 7.06. The van der Waals surface area contributed by atoms with Crippen LogP contribution in [0.25, 0.3) is 0 Å². The number of nitrogen functional groups attached to an aromatic ring is 1. The minimum atomic E-state index is -0.557. The van der Waals surface area contributed by atoms with Crippen LogP contribution in [-0.4, -0.2) is 10.5 Å². The molecule has 0 aromatic carbocycles. The molecule has 1 heterocycles. The fourth-order valence-electron chi connectivity index (χ4n) is 1.32. The summed E-state index contributed by atoms with van der Waals surface area (Å²) in [5.74, 6) is 4.77. The highest BCUT2D eigenvalue weighted by Crippen LogP contribution is 1.97. The van der Waals surface area contributed by atoms with Crippen molar-refractivity contribution in [2.24, 2.45) is 11.8 Å². The summed E-state index contributed by atoms with van der Waals surface area (Å²) in [7, 11) is 0. The van der Waals surface area contributed by atoms with Gasteiger partial charge in [0, 0.05) is 12.7 Å². The Morgan fingerprint density at radius 1 is 1.60 bits per heavy atom. The number of pyridine rings is 1. The molecular weight excluding hydrogens is 194 g/mol. The van der Waals surface area contributed by atoms with Crippen molar-refractivity contribution in [1.82, 2.24) is 9.99 Å². The smallest absolute Gasteiger partial charge is 0.270 e. The number of nitrogens with zero attached hydrogens (tertiary/aromatic N) is 1. The van der Waals surface area contributed by atoms with E-state index in [4.69, 9.17) is 5.84 Å². The number of hydrogen-bond donors (Lipinski definition) is 2. The molecule has 1 rings (SSSR count). The minimum Gasteiger partial charge on any atom is -0.315 e. The molecule has 0 aliphatic rings. The number of nitrogens with two attached hydrogens (primary N) is 1. The normalized spacial score (nSPS) is 10.4. The lowest BCUT2D eigenvalue weighted by atomic mass is 10.2. The zero-order valence-corrected chi connectivity index (χ0v) is 8.86. The van der Waals surface area contributed by atoms with E-state index in [1.807, 2.05) is 19.3 Å². The second-order valence-corrected chi connectivity index (χ2v) is 3.75. The summed E-state index contributed by atoms with van der Waals surface area (Å²) in [6.45, 7) is 4.59. The summed E-state index contributed by atoms with van der Waals surface area (Å²) in [4.78, 5) is 23.0. The van der Waals surface area contributed by atoms with Crippen LogP contribution in [0.15, 0.2) is 23.1 Å². The Balaban J connectivity index is 3.12. The van der Waals surface area contributed by atoms with E-state index < -0.39 is 5.91 Å². The van der Waals surface area contributed by atoms with Crippen LogP contribution in [0, 0.1) is 5.92 Å². The van der Waals surface area contributed by atoms with E-state index in [2.05, 4.69) is 0 Å². The lowest BCUT2D eigenvalue weighted by Gasteiger charge is -2.09. The van der Waals surface area contributed by atoms with Crippen LogP contribution in [0.5, 0.6) is 0 Å². The summed E-state index contributed by atoms with van der Waals surface area (Å²) in [6, 6.07) is 3.12. The lowest BCUT2D eigenvalue weighted by molar-refractivity contribution is 0.0951. The Morgan fingerprint density at radius 3 is 2.80 bits per heavy atom. The first-order valence-electron chi connectivity index (χ1n) is 4.76. The van der Waals surface area contributed by atoms with Gasteiger partial charge in [0.15, 0.2) is 0 Å². The highest BCUT2D eigenvalue weighted by molar-refractivity contribution is 5.93. The standard InChI is InChI=1S/C10H15N3O2/c1-7(2)6-13-5-3-4-8(10(13)15)9(14)12-11/h3-5,7H,6,11H2,1-2H3,(H,12,14). The van der Waals surface area contributed by atoms with Crippen molar-refractivity contribution in [3.05, 3.63) is 34.2 Å². The van der Waals surface area contributed by atoms with Gasteiger partial charge in [0.25, 0.3) is 11.5 Å². The number of hydrazine groups is 1. The molecule has 0 unspecified atom stereocenters. The predicted octanol–water partition coefficient (Wildman–Crippen LogP) is 0.108. The van der Waals surface area contributed by atoms with Gasteiger partial charge < -0.3 is 4.57 Å². The summed E-state index contributed by atoms with van der Waals surface area (Å²) in [6.07, 6.45) is 1.66. The van der Waals surface area contributed by atoms with Crippen molar-refractivity contribution in [1.29, 1.82) is 0 Å². The highest BCUT2D eigenvalue weighted by Gasteiger charge is 2.10. The average molecular weight is 209 g/mol. The Labute approximate surface area is 87.9 Å². The van der Waals surface area contributed by atoms with Gasteiger partial charge >= 0.3 is 0 Å². The second-order valence-electron chi connectivity index (χ2n) is 3.75. The van der Waals surface area contributed by atoms with Gasteiger partial charge in [0.05, 0.1) is 0 Å². The topological polar surface area (TPSA) is 77.1 Å². The number of rotatable bonds is 3. The van der Waals surface area contributed by atoms with Crippen LogP contribution < -0.4 is 16.8 Å². The molecule has 0 bridgehead atoms. The van der Waals surface area contributed by atoms with Crippen LogP contribution >= 0.6 is 0 Å². The van der Waals surface area contributed by atoms with Crippen LogP contribution in [0.2, 0.25) is 0 Å².